The lowest BCUT2D eigenvalue weighted by molar-refractivity contribution is -0.137. The fourth-order valence-corrected chi connectivity index (χ4v) is 7.09. The van der Waals surface area contributed by atoms with Gasteiger partial charge >= 0.3 is 5.97 Å². The largest absolute Gasteiger partial charge is 0.496 e. The molecule has 0 saturated carbocycles. The SMILES string of the molecule is COc1cc(N(C)CCCC(=O)O)cc(OC)c1C(c1c(OC)cc(N(C)CCS(=O)(=O)O)cc1OC)c1c(OC)cc(N(C)CCS(=O)(=O)O)cc1OC. The first kappa shape index (κ1) is 44.5. The third-order valence-corrected chi connectivity index (χ3v) is 10.4. The topological polar surface area (TPSA) is 211 Å². The van der Waals surface area contributed by atoms with Crippen LogP contribution in [-0.2, 0) is 25.0 Å². The van der Waals surface area contributed by atoms with Crippen molar-refractivity contribution in [2.75, 3.05) is 110 Å². The van der Waals surface area contributed by atoms with Gasteiger partial charge in [0, 0.05) is 117 Å². The number of benzene rings is 3. The van der Waals surface area contributed by atoms with Gasteiger partial charge in [0.25, 0.3) is 20.2 Å². The van der Waals surface area contributed by atoms with Gasteiger partial charge < -0.3 is 48.2 Å². The smallest absolute Gasteiger partial charge is 0.303 e. The molecule has 19 heteroatoms. The minimum absolute atomic E-state index is 0.0139. The summed E-state index contributed by atoms with van der Waals surface area (Å²) in [6.45, 7) is 0.320. The first-order chi connectivity index (χ1) is 25.8. The van der Waals surface area contributed by atoms with Crippen molar-refractivity contribution in [1.82, 2.24) is 0 Å². The van der Waals surface area contributed by atoms with Crippen molar-refractivity contribution in [1.29, 1.82) is 0 Å². The van der Waals surface area contributed by atoms with Crippen LogP contribution in [-0.4, -0.2) is 132 Å². The third kappa shape index (κ3) is 11.6. The van der Waals surface area contributed by atoms with Crippen molar-refractivity contribution in [3.63, 3.8) is 0 Å². The lowest BCUT2D eigenvalue weighted by atomic mass is 9.81. The maximum absolute atomic E-state index is 11.6. The maximum atomic E-state index is 11.6. The molecule has 0 amide bonds. The van der Waals surface area contributed by atoms with E-state index in [0.29, 0.717) is 81.2 Å². The fraction of sp³-hybridized carbons (Fsp3) is 0.472. The van der Waals surface area contributed by atoms with E-state index in [1.54, 1.807) is 60.3 Å². The molecule has 0 heterocycles. The average Bonchev–Trinajstić information content (AvgIpc) is 3.14. The highest BCUT2D eigenvalue weighted by Crippen LogP contribution is 2.55. The number of aliphatic carboxylic acids is 1. The Morgan fingerprint density at radius 3 is 1.02 bits per heavy atom. The Balaban J connectivity index is 2.48. The normalized spacial score (nSPS) is 11.6. The van der Waals surface area contributed by atoms with Crippen LogP contribution in [0, 0.1) is 0 Å². The minimum atomic E-state index is -4.26. The molecule has 0 aliphatic heterocycles. The highest BCUT2D eigenvalue weighted by Gasteiger charge is 2.36. The molecule has 0 aliphatic carbocycles. The van der Waals surface area contributed by atoms with Crippen molar-refractivity contribution < 1.29 is 64.3 Å². The van der Waals surface area contributed by atoms with Gasteiger partial charge in [-0.2, -0.15) is 16.8 Å². The maximum Gasteiger partial charge on any atom is 0.303 e. The summed E-state index contributed by atoms with van der Waals surface area (Å²) in [5, 5.41) is 9.19. The van der Waals surface area contributed by atoms with E-state index >= 15 is 0 Å². The van der Waals surface area contributed by atoms with E-state index in [1.807, 2.05) is 11.9 Å². The Labute approximate surface area is 322 Å². The third-order valence-electron chi connectivity index (χ3n) is 9.03. The van der Waals surface area contributed by atoms with Crippen LogP contribution in [0.2, 0.25) is 0 Å². The van der Waals surface area contributed by atoms with Gasteiger partial charge in [0.1, 0.15) is 34.5 Å². The molecular formula is C36H51N3O14S2. The van der Waals surface area contributed by atoms with E-state index in [-0.39, 0.29) is 19.5 Å². The van der Waals surface area contributed by atoms with E-state index < -0.39 is 43.6 Å². The molecule has 0 fully saturated rings. The van der Waals surface area contributed by atoms with Gasteiger partial charge in [-0.1, -0.05) is 0 Å². The van der Waals surface area contributed by atoms with Gasteiger partial charge in [0.05, 0.1) is 60.1 Å². The van der Waals surface area contributed by atoms with Crippen LogP contribution in [0.1, 0.15) is 35.4 Å². The second-order valence-corrected chi connectivity index (χ2v) is 15.7. The van der Waals surface area contributed by atoms with Gasteiger partial charge in [-0.3, -0.25) is 13.9 Å². The number of anilines is 3. The van der Waals surface area contributed by atoms with Gasteiger partial charge in [-0.05, 0) is 6.42 Å². The second kappa shape index (κ2) is 19.1. The van der Waals surface area contributed by atoms with Gasteiger partial charge in [-0.25, -0.2) is 0 Å². The lowest BCUT2D eigenvalue weighted by Gasteiger charge is -2.31. The zero-order valence-electron chi connectivity index (χ0n) is 32.5. The summed E-state index contributed by atoms with van der Waals surface area (Å²) in [6, 6.07) is 10.3. The summed E-state index contributed by atoms with van der Waals surface area (Å²) in [7, 11) is 5.43. The minimum Gasteiger partial charge on any atom is -0.496 e. The van der Waals surface area contributed by atoms with E-state index in [0.717, 1.165) is 0 Å². The van der Waals surface area contributed by atoms with Crippen molar-refractivity contribution in [2.24, 2.45) is 0 Å². The molecular weight excluding hydrogens is 763 g/mol. The van der Waals surface area contributed by atoms with Crippen LogP contribution in [0.4, 0.5) is 17.1 Å². The first-order valence-electron chi connectivity index (χ1n) is 16.9. The number of rotatable bonds is 22. The Bertz CT molecular complexity index is 1850. The number of hydrogen-bond acceptors (Lipinski definition) is 14. The summed E-state index contributed by atoms with van der Waals surface area (Å²) in [6.07, 6.45) is 0.375. The van der Waals surface area contributed by atoms with Crippen molar-refractivity contribution in [3.05, 3.63) is 53.1 Å². The number of carboxylic acid groups (broad SMARTS) is 1. The number of nitrogens with zero attached hydrogens (tertiary/aromatic N) is 3. The first-order valence-corrected chi connectivity index (χ1v) is 20.1. The molecule has 17 nitrogen and oxygen atoms in total. The van der Waals surface area contributed by atoms with Crippen LogP contribution in [0.15, 0.2) is 36.4 Å². The van der Waals surface area contributed by atoms with Crippen LogP contribution in [0.25, 0.3) is 0 Å². The quantitative estimate of drug-likeness (QED) is 0.0971. The number of methoxy groups -OCH3 is 6. The van der Waals surface area contributed by atoms with Gasteiger partial charge in [0.2, 0.25) is 0 Å². The van der Waals surface area contributed by atoms with E-state index in [1.165, 1.54) is 42.7 Å². The molecule has 0 aromatic heterocycles. The molecule has 0 bridgehead atoms. The standard InChI is InChI=1S/C36H51N3O14S2/c1-37(12-10-11-32(40)41)23-17-26(48-4)33(27(18-23)49-5)36(34-28(50-6)19-24(20-29(34)51-7)38(2)13-15-54(42,43)44)35-30(52-8)21-25(22-31(35)53-9)39(3)14-16-55(45,46)47/h17-22,36H,10-16H2,1-9H3,(H,40,41)(H,42,43,44)(H,45,46,47). The number of hydrogen-bond donors (Lipinski definition) is 3. The van der Waals surface area contributed by atoms with Crippen molar-refractivity contribution >= 4 is 43.3 Å². The highest BCUT2D eigenvalue weighted by atomic mass is 32.2. The van der Waals surface area contributed by atoms with E-state index in [4.69, 9.17) is 28.4 Å². The van der Waals surface area contributed by atoms with Gasteiger partial charge in [0.15, 0.2) is 0 Å². The molecule has 0 aliphatic rings. The molecule has 306 valence electrons. The number of carboxylic acids is 1. The molecule has 3 rings (SSSR count). The second-order valence-electron chi connectivity index (χ2n) is 12.6. The Morgan fingerprint density at radius 1 is 0.545 bits per heavy atom. The Kier molecular flexibility index (Phi) is 15.5. The summed E-state index contributed by atoms with van der Waals surface area (Å²) >= 11 is 0. The summed E-state index contributed by atoms with van der Waals surface area (Å²) in [5.41, 5.74) is 3.09. The molecule has 3 N–H and O–H groups in total. The summed E-state index contributed by atoms with van der Waals surface area (Å²) < 4.78 is 101. The van der Waals surface area contributed by atoms with Crippen molar-refractivity contribution in [3.8, 4) is 34.5 Å². The van der Waals surface area contributed by atoms with E-state index in [9.17, 15) is 35.8 Å². The monoisotopic (exact) mass is 813 g/mol. The molecule has 0 saturated heterocycles. The zero-order valence-corrected chi connectivity index (χ0v) is 34.1. The fourth-order valence-electron chi connectivity index (χ4n) is 6.08. The molecule has 0 spiro atoms. The van der Waals surface area contributed by atoms with Crippen LogP contribution >= 0.6 is 0 Å². The molecule has 0 atom stereocenters. The molecule has 0 radical (unpaired) electrons. The van der Waals surface area contributed by atoms with Gasteiger partial charge in [-0.15, -0.1) is 0 Å². The van der Waals surface area contributed by atoms with Crippen LogP contribution < -0.4 is 43.1 Å². The number of carbonyl (C=O) groups is 1. The summed E-state index contributed by atoms with van der Waals surface area (Å²) in [5.74, 6) is -0.939. The van der Waals surface area contributed by atoms with Crippen LogP contribution in [0.3, 0.4) is 0 Å². The number of ether oxygens (including phenoxy) is 6. The molecule has 3 aromatic carbocycles. The Morgan fingerprint density at radius 2 is 0.800 bits per heavy atom. The summed E-state index contributed by atoms with van der Waals surface area (Å²) in [4.78, 5) is 16.3. The predicted octanol–water partition coefficient (Wildman–Crippen LogP) is 3.87. The lowest BCUT2D eigenvalue weighted by Crippen LogP contribution is -2.25. The zero-order chi connectivity index (χ0) is 41.2. The molecule has 3 aromatic rings. The average molecular weight is 814 g/mol. The van der Waals surface area contributed by atoms with Crippen molar-refractivity contribution in [2.45, 2.75) is 18.8 Å². The van der Waals surface area contributed by atoms with E-state index in [2.05, 4.69) is 0 Å². The van der Waals surface area contributed by atoms with Crippen LogP contribution in [0.5, 0.6) is 34.5 Å². The molecule has 0 unspecified atom stereocenters. The highest BCUT2D eigenvalue weighted by molar-refractivity contribution is 7.86. The predicted molar refractivity (Wildman–Crippen MR) is 209 cm³/mol. The molecule has 55 heavy (non-hydrogen) atoms. The Hall–Kier alpha value is -4.85.